The van der Waals surface area contributed by atoms with E-state index in [4.69, 9.17) is 56.9 Å². The largest absolute Gasteiger partial charge is 0.478 e. The van der Waals surface area contributed by atoms with Gasteiger partial charge in [-0.2, -0.15) is 0 Å². The number of fused-ring (bicyclic) bond motifs is 3. The van der Waals surface area contributed by atoms with Crippen LogP contribution in [-0.4, -0.2) is 207 Å². The number of rotatable bonds is 22. The van der Waals surface area contributed by atoms with Gasteiger partial charge >= 0.3 is 17.9 Å². The van der Waals surface area contributed by atoms with Gasteiger partial charge in [-0.15, -0.1) is 12.4 Å². The standard InChI is InChI=1S/C24H34N2O5.C23H32N2O5.C22H30N2O5.C9H14N2O.ClH/c1-4-19-21(26(5-2)17-6-10-29-11-7-17)15-22-20(23(19)24(27)28-3)14-18(31-22)16-25-8-12-30-13-9-25;1-3-18-20(25(4-2)16-5-9-28-10-6-16)14-21-19(22(18)23(26)27)13-17(30-21)15-24-7-11-29-12-8-24;1-3-17-19(23-15-4-8-27-9-5-15)13-20-18(21(17)22(25)26-2)12-16(29-20)14-24-6-10-28-11-7-24;1-3-7-4-6(2)11-9(12)8(7)5-10;/h14-15,17H,4-13,16H2,1-3H3;13-14,16H,3-12,15H2,1-2H3,(H,26,27);12-13,15,23H,3-11,14H2,1-2H3;4H,3,5,10H2,1-2H3,(H,11,12);1H. The summed E-state index contributed by atoms with van der Waals surface area (Å²) in [5, 5.41) is 16.1. The van der Waals surface area contributed by atoms with E-state index in [9.17, 15) is 24.3 Å². The first-order chi connectivity index (χ1) is 49.6. The Kier molecular flexibility index (Phi) is 30.6. The third kappa shape index (κ3) is 19.9. The minimum atomic E-state index is -0.888. The molecule has 24 nitrogen and oxygen atoms in total. The van der Waals surface area contributed by atoms with E-state index in [0.717, 1.165) is 274 Å². The first kappa shape index (κ1) is 80.0. The molecule has 566 valence electrons. The molecule has 0 bridgehead atoms. The highest BCUT2D eigenvalue weighted by molar-refractivity contribution is 6.09. The molecule has 6 aliphatic heterocycles. The number of carbonyl (C=O) groups excluding carboxylic acids is 2. The number of halogens is 1. The second-order valence-corrected chi connectivity index (χ2v) is 26.8. The molecule has 103 heavy (non-hydrogen) atoms. The number of nitrogens with two attached hydrogens (primary N) is 1. The summed E-state index contributed by atoms with van der Waals surface area (Å²) in [6.07, 6.45) is 8.80. The van der Waals surface area contributed by atoms with E-state index in [1.54, 1.807) is 0 Å². The molecule has 6 aliphatic rings. The molecule has 0 spiro atoms. The number of aromatic nitrogens is 1. The molecule has 0 atom stereocenters. The van der Waals surface area contributed by atoms with E-state index >= 15 is 0 Å². The SMILES string of the molecule is CCc1c(N(CC)C2CCOCC2)cc2oc(CN3CCOCC3)cc2c1C(=O)O.CCc1c(N(CC)C2CCOCC2)cc2oc(CN3CCOCC3)cc2c1C(=O)OC.CCc1c(NC2CCOCC2)cc2oc(CN3CCOCC3)cc2c1C(=O)OC.CCc1cc(C)[nH]c(=O)c1CN.Cl. The molecule has 13 rings (SSSR count). The van der Waals surface area contributed by atoms with E-state index in [-0.39, 0.29) is 29.9 Å². The Morgan fingerprint density at radius 2 is 0.883 bits per heavy atom. The number of carboxylic acids is 1. The van der Waals surface area contributed by atoms with Crippen LogP contribution in [0.5, 0.6) is 0 Å². The number of aromatic amines is 1. The van der Waals surface area contributed by atoms with E-state index in [1.165, 1.54) is 14.2 Å². The predicted octanol–water partition coefficient (Wildman–Crippen LogP) is 11.5. The lowest BCUT2D eigenvalue weighted by molar-refractivity contribution is 0.0314. The van der Waals surface area contributed by atoms with Crippen LogP contribution in [0.1, 0.15) is 162 Å². The Labute approximate surface area is 611 Å². The Bertz CT molecular complexity index is 3940. The van der Waals surface area contributed by atoms with Gasteiger partial charge in [-0.3, -0.25) is 19.5 Å². The Balaban J connectivity index is 0.000000165. The zero-order chi connectivity index (χ0) is 72.2. The summed E-state index contributed by atoms with van der Waals surface area (Å²) in [6.45, 7) is 32.8. The van der Waals surface area contributed by atoms with Gasteiger partial charge in [0.25, 0.3) is 5.56 Å². The lowest BCUT2D eigenvalue weighted by Gasteiger charge is -2.36. The van der Waals surface area contributed by atoms with Gasteiger partial charge in [-0.05, 0) is 131 Å². The fourth-order valence-corrected chi connectivity index (χ4v) is 15.2. The maximum Gasteiger partial charge on any atom is 0.338 e. The fourth-order valence-electron chi connectivity index (χ4n) is 15.2. The summed E-state index contributed by atoms with van der Waals surface area (Å²) in [5.74, 6) is 1.03. The molecule has 0 aliphatic carbocycles. The molecular weight excluding hydrogens is 1340 g/mol. The summed E-state index contributed by atoms with van der Waals surface area (Å²) in [7, 11) is 2.88. The van der Waals surface area contributed by atoms with Crippen LogP contribution in [0.4, 0.5) is 17.1 Å². The van der Waals surface area contributed by atoms with Gasteiger partial charge in [0.15, 0.2) is 0 Å². The molecule has 0 radical (unpaired) electrons. The number of benzene rings is 3. The minimum Gasteiger partial charge on any atom is -0.478 e. The average molecular weight is 1450 g/mol. The van der Waals surface area contributed by atoms with Gasteiger partial charge in [-0.1, -0.05) is 27.7 Å². The monoisotopic (exact) mass is 1450 g/mol. The molecule has 4 aromatic heterocycles. The number of hydrogen-bond acceptors (Lipinski definition) is 22. The summed E-state index contributed by atoms with van der Waals surface area (Å²) in [5.41, 5.74) is 17.8. The second kappa shape index (κ2) is 39.3. The van der Waals surface area contributed by atoms with Crippen molar-refractivity contribution >= 4 is 80.3 Å². The topological polar surface area (TPSA) is 272 Å². The number of nitrogens with zero attached hydrogens (tertiary/aromatic N) is 5. The molecule has 7 aromatic rings. The number of H-pyrrole nitrogens is 1. The molecule has 5 N–H and O–H groups in total. The summed E-state index contributed by atoms with van der Waals surface area (Å²) in [6, 6.07) is 15.2. The molecule has 3 aromatic carbocycles. The third-order valence-electron chi connectivity index (χ3n) is 20.5. The van der Waals surface area contributed by atoms with Crippen LogP contribution in [0.3, 0.4) is 0 Å². The van der Waals surface area contributed by atoms with Crippen molar-refractivity contribution in [1.82, 2.24) is 19.7 Å². The molecule has 10 heterocycles. The Morgan fingerprint density at radius 3 is 1.25 bits per heavy atom. The van der Waals surface area contributed by atoms with Crippen molar-refractivity contribution in [2.24, 2.45) is 5.73 Å². The van der Waals surface area contributed by atoms with Gasteiger partial charge in [0.1, 0.15) is 34.0 Å². The number of aryl methyl sites for hydroxylation is 2. The molecule has 0 unspecified atom stereocenters. The van der Waals surface area contributed by atoms with Crippen LogP contribution in [0.2, 0.25) is 0 Å². The number of esters is 2. The Hall–Kier alpha value is -7.07. The first-order valence-corrected chi connectivity index (χ1v) is 37.2. The third-order valence-corrected chi connectivity index (χ3v) is 20.5. The summed E-state index contributed by atoms with van der Waals surface area (Å²) >= 11 is 0. The molecule has 6 fully saturated rings. The van der Waals surface area contributed by atoms with Crippen LogP contribution < -0.4 is 26.4 Å². The van der Waals surface area contributed by atoms with Crippen molar-refractivity contribution in [3.8, 4) is 0 Å². The zero-order valence-corrected chi connectivity index (χ0v) is 62.9. The minimum absolute atomic E-state index is 0. The van der Waals surface area contributed by atoms with Crippen LogP contribution in [0.25, 0.3) is 32.9 Å². The van der Waals surface area contributed by atoms with Gasteiger partial charge in [0.2, 0.25) is 0 Å². The normalized spacial score (nSPS) is 17.5. The number of nitrogens with one attached hydrogen (secondary N) is 2. The van der Waals surface area contributed by atoms with E-state index < -0.39 is 5.97 Å². The van der Waals surface area contributed by atoms with Gasteiger partial charge in [0, 0.05) is 179 Å². The van der Waals surface area contributed by atoms with E-state index in [0.29, 0.717) is 83.9 Å². The quantitative estimate of drug-likeness (QED) is 0.0459. The molecular formula is C78H111ClN8O16. The highest BCUT2D eigenvalue weighted by atomic mass is 35.5. The van der Waals surface area contributed by atoms with Crippen molar-refractivity contribution in [3.63, 3.8) is 0 Å². The molecule has 25 heteroatoms. The average Bonchev–Trinajstić information content (AvgIpc) is 1.70. The number of methoxy groups -OCH3 is 2. The highest BCUT2D eigenvalue weighted by Crippen LogP contribution is 2.40. The van der Waals surface area contributed by atoms with Gasteiger partial charge < -0.3 is 82.1 Å². The van der Waals surface area contributed by atoms with E-state index in [2.05, 4.69) is 74.6 Å². The van der Waals surface area contributed by atoms with Gasteiger partial charge in [0.05, 0.1) is 90.2 Å². The lowest BCUT2D eigenvalue weighted by Crippen LogP contribution is -2.40. The number of morpholine rings is 3. The van der Waals surface area contributed by atoms with Crippen LogP contribution in [-0.2, 0) is 89.8 Å². The number of hydrogen-bond donors (Lipinski definition) is 4. The number of ether oxygens (including phenoxy) is 8. The number of furan rings is 3. The Morgan fingerprint density at radius 1 is 0.515 bits per heavy atom. The van der Waals surface area contributed by atoms with Crippen LogP contribution >= 0.6 is 12.4 Å². The lowest BCUT2D eigenvalue weighted by atomic mass is 9.96. The van der Waals surface area contributed by atoms with Crippen molar-refractivity contribution in [1.29, 1.82) is 0 Å². The molecule has 6 saturated heterocycles. The molecule has 0 amide bonds. The van der Waals surface area contributed by atoms with Crippen molar-refractivity contribution in [2.75, 3.05) is 161 Å². The predicted molar refractivity (Wildman–Crippen MR) is 402 cm³/mol. The van der Waals surface area contributed by atoms with Crippen LogP contribution in [0.15, 0.2) is 60.5 Å². The summed E-state index contributed by atoms with van der Waals surface area (Å²) in [4.78, 5) is 63.7. The smallest absolute Gasteiger partial charge is 0.338 e. The zero-order valence-electron chi connectivity index (χ0n) is 62.1. The summed E-state index contributed by atoms with van der Waals surface area (Å²) < 4.78 is 61.9. The maximum atomic E-state index is 12.9. The fraction of sp³-hybridized carbons (Fsp3) is 0.590. The number of carboxylic acid groups (broad SMARTS) is 1. The number of pyridine rings is 1. The maximum absolute atomic E-state index is 12.9. The molecule has 0 saturated carbocycles. The number of aromatic carboxylic acids is 1. The number of carbonyl (C=O) groups is 3. The highest BCUT2D eigenvalue weighted by Gasteiger charge is 2.32. The first-order valence-electron chi connectivity index (χ1n) is 37.2. The van der Waals surface area contributed by atoms with Crippen molar-refractivity contribution in [2.45, 2.75) is 157 Å². The number of anilines is 3. The second-order valence-electron chi connectivity index (χ2n) is 26.8. The van der Waals surface area contributed by atoms with Crippen LogP contribution in [0, 0.1) is 6.92 Å². The van der Waals surface area contributed by atoms with Gasteiger partial charge in [-0.25, -0.2) is 14.4 Å². The van der Waals surface area contributed by atoms with Crippen molar-refractivity contribution in [3.05, 3.63) is 120 Å². The van der Waals surface area contributed by atoms with E-state index in [1.807, 2.05) is 51.1 Å². The van der Waals surface area contributed by atoms with Crippen molar-refractivity contribution < 1.29 is 70.6 Å².